The van der Waals surface area contributed by atoms with Gasteiger partial charge in [0.15, 0.2) is 11.6 Å². The van der Waals surface area contributed by atoms with Crippen LogP contribution in [0.15, 0.2) is 12.1 Å². The molecule has 0 radical (unpaired) electrons. The van der Waals surface area contributed by atoms with Gasteiger partial charge in [-0.05, 0) is 19.1 Å². The molecule has 0 fully saturated rings. The number of halogens is 2. The second-order valence-electron chi connectivity index (χ2n) is 2.50. The fraction of sp³-hybridized carbons (Fsp3) is 0.250. The summed E-state index contributed by atoms with van der Waals surface area (Å²) in [5, 5.41) is 18.3. The van der Waals surface area contributed by atoms with Crippen molar-refractivity contribution in [3.05, 3.63) is 28.5 Å². The van der Waals surface area contributed by atoms with Crippen LogP contribution in [0.2, 0.25) is 5.02 Å². The van der Waals surface area contributed by atoms with Crippen molar-refractivity contribution in [3.8, 4) is 5.75 Å². The lowest BCUT2D eigenvalue weighted by Crippen LogP contribution is -1.93. The molecule has 2 nitrogen and oxygen atoms in total. The van der Waals surface area contributed by atoms with E-state index in [0.29, 0.717) is 0 Å². The highest BCUT2D eigenvalue weighted by Gasteiger charge is 2.12. The Morgan fingerprint density at radius 2 is 2.08 bits per heavy atom. The second-order valence-corrected chi connectivity index (χ2v) is 2.94. The van der Waals surface area contributed by atoms with Gasteiger partial charge in [-0.2, -0.15) is 0 Å². The van der Waals surface area contributed by atoms with E-state index in [1.165, 1.54) is 13.0 Å². The Balaban J connectivity index is 3.28. The minimum Gasteiger partial charge on any atom is -0.505 e. The molecule has 12 heavy (non-hydrogen) atoms. The molecule has 1 unspecified atom stereocenters. The van der Waals surface area contributed by atoms with Crippen molar-refractivity contribution in [1.29, 1.82) is 0 Å². The summed E-state index contributed by atoms with van der Waals surface area (Å²) < 4.78 is 12.8. The number of hydrogen-bond donors (Lipinski definition) is 2. The average Bonchev–Trinajstić information content (AvgIpc) is 1.96. The van der Waals surface area contributed by atoms with Gasteiger partial charge in [0, 0.05) is 10.6 Å². The van der Waals surface area contributed by atoms with Crippen LogP contribution in [0.5, 0.6) is 5.75 Å². The fourth-order valence-corrected chi connectivity index (χ4v) is 1.12. The van der Waals surface area contributed by atoms with Crippen molar-refractivity contribution in [2.45, 2.75) is 13.0 Å². The number of hydrogen-bond acceptors (Lipinski definition) is 2. The Bertz CT molecular complexity index is 299. The molecule has 0 bridgehead atoms. The van der Waals surface area contributed by atoms with Gasteiger partial charge in [-0.3, -0.25) is 0 Å². The number of benzene rings is 1. The summed E-state index contributed by atoms with van der Waals surface area (Å²) in [6.45, 7) is 1.42. The first-order chi connectivity index (χ1) is 5.52. The van der Waals surface area contributed by atoms with Gasteiger partial charge in [-0.1, -0.05) is 11.6 Å². The Hall–Kier alpha value is -0.800. The molecule has 0 spiro atoms. The summed E-state index contributed by atoms with van der Waals surface area (Å²) in [5.74, 6) is -1.37. The lowest BCUT2D eigenvalue weighted by atomic mass is 10.1. The minimum atomic E-state index is -0.932. The SMILES string of the molecule is CC(O)c1cc(Cl)cc(F)c1O. The van der Waals surface area contributed by atoms with Gasteiger partial charge in [0.2, 0.25) is 0 Å². The molecule has 1 atom stereocenters. The van der Waals surface area contributed by atoms with Crippen LogP contribution in [0.4, 0.5) is 4.39 Å². The Morgan fingerprint density at radius 3 is 2.58 bits per heavy atom. The predicted molar refractivity (Wildman–Crippen MR) is 43.7 cm³/mol. The van der Waals surface area contributed by atoms with E-state index in [4.69, 9.17) is 21.8 Å². The Kier molecular flexibility index (Phi) is 2.55. The van der Waals surface area contributed by atoms with Crippen molar-refractivity contribution < 1.29 is 14.6 Å². The van der Waals surface area contributed by atoms with Crippen LogP contribution in [0, 0.1) is 5.82 Å². The molecule has 2 N–H and O–H groups in total. The first kappa shape index (κ1) is 9.29. The molecule has 0 aliphatic rings. The monoisotopic (exact) mass is 190 g/mol. The summed E-state index contributed by atoms with van der Waals surface area (Å²) in [4.78, 5) is 0. The van der Waals surface area contributed by atoms with E-state index in [1.807, 2.05) is 0 Å². The topological polar surface area (TPSA) is 40.5 Å². The number of rotatable bonds is 1. The van der Waals surface area contributed by atoms with Gasteiger partial charge in [-0.15, -0.1) is 0 Å². The van der Waals surface area contributed by atoms with Crippen LogP contribution in [0.25, 0.3) is 0 Å². The average molecular weight is 191 g/mol. The molecule has 0 aromatic heterocycles. The highest BCUT2D eigenvalue weighted by molar-refractivity contribution is 6.30. The summed E-state index contributed by atoms with van der Waals surface area (Å²) in [6.07, 6.45) is -0.932. The predicted octanol–water partition coefficient (Wildman–Crippen LogP) is 2.24. The molecule has 0 aliphatic heterocycles. The first-order valence-corrected chi connectivity index (χ1v) is 3.76. The summed E-state index contributed by atoms with van der Waals surface area (Å²) in [5.41, 5.74) is 0.0972. The lowest BCUT2D eigenvalue weighted by Gasteiger charge is -2.08. The molecule has 66 valence electrons. The molecule has 0 saturated carbocycles. The normalized spacial score (nSPS) is 13.0. The van der Waals surface area contributed by atoms with E-state index in [1.54, 1.807) is 0 Å². The summed E-state index contributed by atoms with van der Waals surface area (Å²) in [6, 6.07) is 2.31. The minimum absolute atomic E-state index is 0.0972. The lowest BCUT2D eigenvalue weighted by molar-refractivity contribution is 0.193. The van der Waals surface area contributed by atoms with E-state index in [9.17, 15) is 4.39 Å². The largest absolute Gasteiger partial charge is 0.505 e. The van der Waals surface area contributed by atoms with Gasteiger partial charge in [0.1, 0.15) is 0 Å². The van der Waals surface area contributed by atoms with Crippen molar-refractivity contribution >= 4 is 11.6 Å². The zero-order valence-electron chi connectivity index (χ0n) is 6.38. The van der Waals surface area contributed by atoms with Crippen LogP contribution in [-0.4, -0.2) is 10.2 Å². The molecule has 0 amide bonds. The maximum Gasteiger partial charge on any atom is 0.166 e. The van der Waals surface area contributed by atoms with E-state index in [-0.39, 0.29) is 10.6 Å². The molecular formula is C8H8ClFO2. The number of aliphatic hydroxyl groups is 1. The number of phenols is 1. The highest BCUT2D eigenvalue weighted by atomic mass is 35.5. The molecular weight excluding hydrogens is 183 g/mol. The molecule has 4 heteroatoms. The third kappa shape index (κ3) is 1.68. The molecule has 0 heterocycles. The molecule has 1 rings (SSSR count). The smallest absolute Gasteiger partial charge is 0.166 e. The maximum atomic E-state index is 12.8. The van der Waals surface area contributed by atoms with Crippen molar-refractivity contribution in [2.75, 3.05) is 0 Å². The van der Waals surface area contributed by atoms with Crippen LogP contribution in [0.3, 0.4) is 0 Å². The van der Waals surface area contributed by atoms with Gasteiger partial charge in [0.05, 0.1) is 6.10 Å². The van der Waals surface area contributed by atoms with Crippen molar-refractivity contribution in [3.63, 3.8) is 0 Å². The maximum absolute atomic E-state index is 12.8. The fourth-order valence-electron chi connectivity index (χ4n) is 0.904. The second kappa shape index (κ2) is 3.29. The van der Waals surface area contributed by atoms with Crippen molar-refractivity contribution in [1.82, 2.24) is 0 Å². The zero-order valence-corrected chi connectivity index (χ0v) is 7.14. The Morgan fingerprint density at radius 1 is 1.50 bits per heavy atom. The van der Waals surface area contributed by atoms with Crippen LogP contribution >= 0.6 is 11.6 Å². The van der Waals surface area contributed by atoms with Crippen LogP contribution in [0.1, 0.15) is 18.6 Å². The molecule has 0 saturated heterocycles. The number of phenolic OH excluding ortho intramolecular Hbond substituents is 1. The van der Waals surface area contributed by atoms with Crippen molar-refractivity contribution in [2.24, 2.45) is 0 Å². The quantitative estimate of drug-likeness (QED) is 0.713. The highest BCUT2D eigenvalue weighted by Crippen LogP contribution is 2.29. The Labute approximate surface area is 74.2 Å². The number of aromatic hydroxyl groups is 1. The number of aliphatic hydroxyl groups excluding tert-OH is 1. The van der Waals surface area contributed by atoms with Gasteiger partial charge in [-0.25, -0.2) is 4.39 Å². The third-order valence-corrected chi connectivity index (χ3v) is 1.73. The molecule has 0 aliphatic carbocycles. The standard InChI is InChI=1S/C8H8ClFO2/c1-4(11)6-2-5(9)3-7(10)8(6)12/h2-4,11-12H,1H3. The summed E-state index contributed by atoms with van der Waals surface area (Å²) in [7, 11) is 0. The van der Waals surface area contributed by atoms with E-state index < -0.39 is 17.7 Å². The van der Waals surface area contributed by atoms with Crippen LogP contribution < -0.4 is 0 Å². The van der Waals surface area contributed by atoms with Gasteiger partial charge < -0.3 is 10.2 Å². The third-order valence-electron chi connectivity index (χ3n) is 1.51. The first-order valence-electron chi connectivity index (χ1n) is 3.38. The zero-order chi connectivity index (χ0) is 9.30. The van der Waals surface area contributed by atoms with E-state index in [0.717, 1.165) is 6.07 Å². The van der Waals surface area contributed by atoms with E-state index in [2.05, 4.69) is 0 Å². The van der Waals surface area contributed by atoms with Gasteiger partial charge in [0.25, 0.3) is 0 Å². The van der Waals surface area contributed by atoms with Gasteiger partial charge >= 0.3 is 0 Å². The molecule has 1 aromatic rings. The van der Waals surface area contributed by atoms with E-state index >= 15 is 0 Å². The van der Waals surface area contributed by atoms with Crippen LogP contribution in [-0.2, 0) is 0 Å². The summed E-state index contributed by atoms with van der Waals surface area (Å²) >= 11 is 5.50. The molecule has 1 aromatic carbocycles.